The first-order valence-electron chi connectivity index (χ1n) is 15.6. The molecule has 0 spiro atoms. The predicted octanol–water partition coefficient (Wildman–Crippen LogP) is 10.4. The molecule has 6 heteroatoms. The molecule has 0 fully saturated rings. The molecule has 0 aliphatic rings. The molecule has 1 N–H and O–H groups in total. The van der Waals surface area contributed by atoms with Crippen LogP contribution in [-0.2, 0) is 0 Å². The second-order valence-corrected chi connectivity index (χ2v) is 10.9. The van der Waals surface area contributed by atoms with Gasteiger partial charge in [-0.3, -0.25) is 4.99 Å². The van der Waals surface area contributed by atoms with Gasteiger partial charge < -0.3 is 19.4 Å². The van der Waals surface area contributed by atoms with Gasteiger partial charge in [0.25, 0.3) is 0 Å². The molecule has 7 aromatic rings. The maximum absolute atomic E-state index is 5.69. The fraction of sp³-hybridized carbons (Fsp3) is 0.100. The van der Waals surface area contributed by atoms with Gasteiger partial charge in [0, 0.05) is 28.8 Å². The van der Waals surface area contributed by atoms with Crippen molar-refractivity contribution in [3.05, 3.63) is 139 Å². The smallest absolute Gasteiger partial charge is 0.138 e. The van der Waals surface area contributed by atoms with Crippen molar-refractivity contribution in [2.24, 2.45) is 4.99 Å². The second kappa shape index (κ2) is 13.0. The summed E-state index contributed by atoms with van der Waals surface area (Å²) in [4.78, 5) is 15.3. The van der Waals surface area contributed by atoms with Crippen molar-refractivity contribution in [1.29, 1.82) is 0 Å². The molecule has 0 saturated carbocycles. The van der Waals surface area contributed by atoms with Crippen molar-refractivity contribution in [2.45, 2.75) is 13.8 Å². The molecule has 7 rings (SSSR count). The first-order valence-corrected chi connectivity index (χ1v) is 15.6. The highest BCUT2D eigenvalue weighted by atomic mass is 16.5. The summed E-state index contributed by atoms with van der Waals surface area (Å²) >= 11 is 0. The molecule has 1 heterocycles. The van der Waals surface area contributed by atoms with Gasteiger partial charge in [0.05, 0.1) is 29.9 Å². The summed E-state index contributed by atoms with van der Waals surface area (Å²) in [6, 6.07) is 45.5. The van der Waals surface area contributed by atoms with E-state index in [1.54, 1.807) is 0 Å². The Bertz CT molecular complexity index is 2070. The monoisotopic (exact) mass is 602 g/mol. The minimum absolute atomic E-state index is 0.630. The normalized spacial score (nSPS) is 11.3. The number of hydrogen-bond donors (Lipinski definition) is 1. The van der Waals surface area contributed by atoms with Crippen LogP contribution in [0.15, 0.2) is 138 Å². The van der Waals surface area contributed by atoms with Crippen LogP contribution in [0.5, 0.6) is 11.5 Å². The Morgan fingerprint density at radius 3 is 1.89 bits per heavy atom. The number of fused-ring (bicyclic) bond motifs is 2. The molecule has 6 nitrogen and oxygen atoms in total. The van der Waals surface area contributed by atoms with Gasteiger partial charge in [-0.2, -0.15) is 0 Å². The SMILES string of the molecule is CCOc1ccc(N(c2ccc(OCC)cc2)c2ccc(-c3nc4cc(N=Cc5ccc6ccccc6c5)ccc4[nH]3)cc2)cc1. The molecule has 0 bridgehead atoms. The number of aliphatic imine (C=N–C) groups is 1. The van der Waals surface area contributed by atoms with E-state index in [1.165, 1.54) is 10.8 Å². The highest BCUT2D eigenvalue weighted by Gasteiger charge is 2.14. The zero-order chi connectivity index (χ0) is 31.3. The molecule has 0 unspecified atom stereocenters. The van der Waals surface area contributed by atoms with Crippen LogP contribution >= 0.6 is 0 Å². The Labute approximate surface area is 268 Å². The lowest BCUT2D eigenvalue weighted by molar-refractivity contribution is 0.340. The summed E-state index contributed by atoms with van der Waals surface area (Å²) in [5.41, 5.74) is 7.84. The Morgan fingerprint density at radius 1 is 0.652 bits per heavy atom. The first-order chi connectivity index (χ1) is 22.7. The van der Waals surface area contributed by atoms with Gasteiger partial charge in [0.15, 0.2) is 0 Å². The van der Waals surface area contributed by atoms with Crippen LogP contribution in [0.1, 0.15) is 19.4 Å². The van der Waals surface area contributed by atoms with Crippen LogP contribution in [-0.4, -0.2) is 29.4 Å². The number of nitrogens with zero attached hydrogens (tertiary/aromatic N) is 3. The van der Waals surface area contributed by atoms with E-state index in [2.05, 4.69) is 101 Å². The van der Waals surface area contributed by atoms with Crippen LogP contribution in [0.4, 0.5) is 22.7 Å². The molecule has 0 atom stereocenters. The number of nitrogens with one attached hydrogen (secondary N) is 1. The van der Waals surface area contributed by atoms with Crippen molar-refractivity contribution in [3.63, 3.8) is 0 Å². The zero-order valence-electron chi connectivity index (χ0n) is 25.9. The lowest BCUT2D eigenvalue weighted by Gasteiger charge is -2.26. The van der Waals surface area contributed by atoms with Crippen LogP contribution in [0.3, 0.4) is 0 Å². The van der Waals surface area contributed by atoms with Gasteiger partial charge in [0.2, 0.25) is 0 Å². The maximum Gasteiger partial charge on any atom is 0.138 e. The fourth-order valence-electron chi connectivity index (χ4n) is 5.58. The molecule has 0 amide bonds. The van der Waals surface area contributed by atoms with Gasteiger partial charge in [-0.1, -0.05) is 36.4 Å². The Hall–Kier alpha value is -5.88. The van der Waals surface area contributed by atoms with Crippen LogP contribution < -0.4 is 14.4 Å². The Morgan fingerprint density at radius 2 is 1.26 bits per heavy atom. The van der Waals surface area contributed by atoms with E-state index in [9.17, 15) is 0 Å². The molecule has 1 aromatic heterocycles. The summed E-state index contributed by atoms with van der Waals surface area (Å²) in [5, 5.41) is 2.42. The van der Waals surface area contributed by atoms with Crippen LogP contribution in [0.25, 0.3) is 33.2 Å². The van der Waals surface area contributed by atoms with Gasteiger partial charge in [-0.25, -0.2) is 4.98 Å². The van der Waals surface area contributed by atoms with E-state index < -0.39 is 0 Å². The topological polar surface area (TPSA) is 62.7 Å². The first kappa shape index (κ1) is 28.9. The Kier molecular flexibility index (Phi) is 8.16. The van der Waals surface area contributed by atoms with Crippen LogP contribution in [0.2, 0.25) is 0 Å². The average Bonchev–Trinajstić information content (AvgIpc) is 3.53. The highest BCUT2D eigenvalue weighted by molar-refractivity contribution is 5.92. The molecular weight excluding hydrogens is 568 g/mol. The number of ether oxygens (including phenoxy) is 2. The van der Waals surface area contributed by atoms with Crippen molar-refractivity contribution < 1.29 is 9.47 Å². The number of aromatic nitrogens is 2. The van der Waals surface area contributed by atoms with E-state index in [0.717, 1.165) is 62.2 Å². The number of rotatable bonds is 10. The molecular formula is C40H34N4O2. The lowest BCUT2D eigenvalue weighted by Crippen LogP contribution is -2.10. The van der Waals surface area contributed by atoms with E-state index >= 15 is 0 Å². The third-order valence-corrected chi connectivity index (χ3v) is 7.81. The number of benzene rings is 6. The highest BCUT2D eigenvalue weighted by Crippen LogP contribution is 2.37. The van der Waals surface area contributed by atoms with Crippen molar-refractivity contribution >= 4 is 50.8 Å². The number of anilines is 3. The summed E-state index contributed by atoms with van der Waals surface area (Å²) in [5.74, 6) is 2.51. The molecule has 6 aromatic carbocycles. The van der Waals surface area contributed by atoms with Crippen molar-refractivity contribution in [2.75, 3.05) is 18.1 Å². The molecule has 0 saturated heterocycles. The molecule has 46 heavy (non-hydrogen) atoms. The summed E-state index contributed by atoms with van der Waals surface area (Å²) in [6.07, 6.45) is 1.90. The molecule has 0 aliphatic carbocycles. The fourth-order valence-corrected chi connectivity index (χ4v) is 5.58. The van der Waals surface area contributed by atoms with Gasteiger partial charge >= 0.3 is 0 Å². The number of hydrogen-bond acceptors (Lipinski definition) is 5. The number of aromatic amines is 1. The average molecular weight is 603 g/mol. The lowest BCUT2D eigenvalue weighted by atomic mass is 10.1. The Balaban J connectivity index is 1.15. The van der Waals surface area contributed by atoms with E-state index in [-0.39, 0.29) is 0 Å². The van der Waals surface area contributed by atoms with E-state index in [1.807, 2.05) is 62.5 Å². The quantitative estimate of drug-likeness (QED) is 0.158. The minimum atomic E-state index is 0.630. The number of imidazole rings is 1. The third-order valence-electron chi connectivity index (χ3n) is 7.81. The van der Waals surface area contributed by atoms with Gasteiger partial charge in [-0.15, -0.1) is 0 Å². The summed E-state index contributed by atoms with van der Waals surface area (Å²) in [6.45, 7) is 5.24. The molecule has 0 radical (unpaired) electrons. The second-order valence-electron chi connectivity index (χ2n) is 10.9. The maximum atomic E-state index is 5.69. The van der Waals surface area contributed by atoms with Crippen molar-refractivity contribution in [3.8, 4) is 22.9 Å². The predicted molar refractivity (Wildman–Crippen MR) is 190 cm³/mol. The van der Waals surface area contributed by atoms with E-state index in [0.29, 0.717) is 13.2 Å². The third kappa shape index (κ3) is 6.19. The van der Waals surface area contributed by atoms with Gasteiger partial charge in [-0.05, 0) is 127 Å². The van der Waals surface area contributed by atoms with E-state index in [4.69, 9.17) is 19.5 Å². The summed E-state index contributed by atoms with van der Waals surface area (Å²) < 4.78 is 11.4. The zero-order valence-corrected chi connectivity index (χ0v) is 25.9. The standard InChI is InChI=1S/C40H34N4O2/c1-3-45-36-20-16-34(17-21-36)44(35-18-22-37(23-19-35)46-4-2)33-14-11-30(12-15-33)40-42-38-24-13-32(26-39(38)43-40)41-27-28-9-10-29-7-5-6-8-31(29)25-28/h5-27H,3-4H2,1-2H3,(H,42,43). The largest absolute Gasteiger partial charge is 0.494 e. The van der Waals surface area contributed by atoms with Crippen molar-refractivity contribution in [1.82, 2.24) is 9.97 Å². The van der Waals surface area contributed by atoms with Gasteiger partial charge in [0.1, 0.15) is 17.3 Å². The number of H-pyrrole nitrogens is 1. The van der Waals surface area contributed by atoms with Crippen LogP contribution in [0, 0.1) is 0 Å². The minimum Gasteiger partial charge on any atom is -0.494 e. The molecule has 226 valence electrons. The molecule has 0 aliphatic heterocycles. The summed E-state index contributed by atoms with van der Waals surface area (Å²) in [7, 11) is 0.